The summed E-state index contributed by atoms with van der Waals surface area (Å²) < 4.78 is 5.20. The quantitative estimate of drug-likeness (QED) is 0.891. The SMILES string of the molecule is OC1(c2nc(-c3ccc(Cl)c(Cl)c3)no2)CCCNC1. The van der Waals surface area contributed by atoms with Crippen molar-refractivity contribution in [3.63, 3.8) is 0 Å². The first-order valence-electron chi connectivity index (χ1n) is 6.31. The molecule has 2 aromatic rings. The average molecular weight is 314 g/mol. The van der Waals surface area contributed by atoms with Crippen LogP contribution in [0.2, 0.25) is 10.0 Å². The summed E-state index contributed by atoms with van der Waals surface area (Å²) in [6, 6.07) is 5.10. The molecule has 1 unspecified atom stereocenters. The number of halogens is 2. The molecule has 0 radical (unpaired) electrons. The second kappa shape index (κ2) is 5.33. The maximum Gasteiger partial charge on any atom is 0.260 e. The van der Waals surface area contributed by atoms with E-state index in [-0.39, 0.29) is 5.89 Å². The Morgan fingerprint density at radius 2 is 2.15 bits per heavy atom. The molecule has 1 aromatic heterocycles. The molecule has 5 nitrogen and oxygen atoms in total. The van der Waals surface area contributed by atoms with Crippen molar-refractivity contribution in [2.24, 2.45) is 0 Å². The molecule has 0 bridgehead atoms. The highest BCUT2D eigenvalue weighted by Crippen LogP contribution is 2.30. The molecule has 1 saturated heterocycles. The van der Waals surface area contributed by atoms with Gasteiger partial charge in [0.25, 0.3) is 5.89 Å². The maximum atomic E-state index is 10.5. The van der Waals surface area contributed by atoms with Crippen molar-refractivity contribution < 1.29 is 9.63 Å². The number of piperidine rings is 1. The van der Waals surface area contributed by atoms with Gasteiger partial charge in [0.15, 0.2) is 5.60 Å². The first-order chi connectivity index (χ1) is 9.58. The van der Waals surface area contributed by atoms with Crippen molar-refractivity contribution in [2.75, 3.05) is 13.1 Å². The second-order valence-corrected chi connectivity index (χ2v) is 5.68. The molecule has 0 saturated carbocycles. The Morgan fingerprint density at radius 3 is 2.85 bits per heavy atom. The van der Waals surface area contributed by atoms with E-state index in [0.29, 0.717) is 34.4 Å². The van der Waals surface area contributed by atoms with E-state index in [1.54, 1.807) is 18.2 Å². The van der Waals surface area contributed by atoms with Crippen LogP contribution in [0.5, 0.6) is 0 Å². The molecule has 1 aliphatic rings. The van der Waals surface area contributed by atoms with E-state index in [0.717, 1.165) is 13.0 Å². The summed E-state index contributed by atoms with van der Waals surface area (Å²) in [5.41, 5.74) is -0.401. The van der Waals surface area contributed by atoms with Crippen LogP contribution in [0, 0.1) is 0 Å². The number of benzene rings is 1. The van der Waals surface area contributed by atoms with E-state index >= 15 is 0 Å². The fourth-order valence-corrected chi connectivity index (χ4v) is 2.54. The Hall–Kier alpha value is -1.14. The van der Waals surface area contributed by atoms with Gasteiger partial charge in [0.1, 0.15) is 0 Å². The van der Waals surface area contributed by atoms with Gasteiger partial charge in [-0.05, 0) is 37.6 Å². The van der Waals surface area contributed by atoms with E-state index in [2.05, 4.69) is 15.5 Å². The standard InChI is InChI=1S/C13H13Cl2N3O2/c14-9-3-2-8(6-10(9)15)11-17-12(20-18-11)13(19)4-1-5-16-7-13/h2-3,6,16,19H,1,4-5,7H2. The summed E-state index contributed by atoms with van der Waals surface area (Å²) >= 11 is 11.8. The van der Waals surface area contributed by atoms with Crippen molar-refractivity contribution in [3.05, 3.63) is 34.1 Å². The third kappa shape index (κ3) is 2.54. The van der Waals surface area contributed by atoms with E-state index in [1.165, 1.54) is 0 Å². The van der Waals surface area contributed by atoms with Gasteiger partial charge >= 0.3 is 0 Å². The van der Waals surface area contributed by atoms with Crippen molar-refractivity contribution in [2.45, 2.75) is 18.4 Å². The molecule has 0 aliphatic carbocycles. The Bertz CT molecular complexity index is 624. The van der Waals surface area contributed by atoms with Crippen molar-refractivity contribution in [1.29, 1.82) is 0 Å². The normalized spacial score (nSPS) is 22.9. The third-order valence-electron chi connectivity index (χ3n) is 3.36. The van der Waals surface area contributed by atoms with Crippen LogP contribution in [-0.2, 0) is 5.60 Å². The smallest absolute Gasteiger partial charge is 0.260 e. The molecule has 1 aliphatic heterocycles. The topological polar surface area (TPSA) is 71.2 Å². The number of aliphatic hydroxyl groups is 1. The van der Waals surface area contributed by atoms with Gasteiger partial charge in [-0.3, -0.25) is 0 Å². The summed E-state index contributed by atoms with van der Waals surface area (Å²) in [4.78, 5) is 4.28. The molecule has 1 atom stereocenters. The molecule has 2 heterocycles. The predicted molar refractivity (Wildman–Crippen MR) is 75.8 cm³/mol. The molecule has 0 amide bonds. The predicted octanol–water partition coefficient (Wildman–Crippen LogP) is 2.61. The Labute approximate surface area is 125 Å². The first kappa shape index (κ1) is 13.8. The van der Waals surface area contributed by atoms with Crippen LogP contribution >= 0.6 is 23.2 Å². The van der Waals surface area contributed by atoms with Gasteiger partial charge in [-0.2, -0.15) is 4.98 Å². The minimum Gasteiger partial charge on any atom is -0.379 e. The zero-order valence-electron chi connectivity index (χ0n) is 10.6. The number of nitrogens with zero attached hydrogens (tertiary/aromatic N) is 2. The Morgan fingerprint density at radius 1 is 1.30 bits per heavy atom. The molecule has 7 heteroatoms. The highest BCUT2D eigenvalue weighted by atomic mass is 35.5. The van der Waals surface area contributed by atoms with E-state index in [4.69, 9.17) is 27.7 Å². The highest BCUT2D eigenvalue weighted by Gasteiger charge is 2.37. The lowest BCUT2D eigenvalue weighted by Gasteiger charge is -2.28. The van der Waals surface area contributed by atoms with Crippen LogP contribution in [0.15, 0.2) is 22.7 Å². The number of hydrogen-bond acceptors (Lipinski definition) is 5. The number of β-amino-alcohol motifs (C(OH)–C–C–N with tert-alkyl or cyclic N) is 1. The maximum absolute atomic E-state index is 10.5. The van der Waals surface area contributed by atoms with E-state index < -0.39 is 5.60 Å². The van der Waals surface area contributed by atoms with Gasteiger partial charge in [0.2, 0.25) is 5.82 Å². The lowest BCUT2D eigenvalue weighted by atomic mass is 9.94. The molecule has 3 rings (SSSR count). The van der Waals surface area contributed by atoms with Gasteiger partial charge in [0.05, 0.1) is 10.0 Å². The lowest BCUT2D eigenvalue weighted by molar-refractivity contribution is -0.0167. The van der Waals surface area contributed by atoms with Crippen LogP contribution in [0.1, 0.15) is 18.7 Å². The highest BCUT2D eigenvalue weighted by molar-refractivity contribution is 6.42. The molecule has 20 heavy (non-hydrogen) atoms. The summed E-state index contributed by atoms with van der Waals surface area (Å²) in [6.07, 6.45) is 1.46. The van der Waals surface area contributed by atoms with Gasteiger partial charge in [0, 0.05) is 12.1 Å². The van der Waals surface area contributed by atoms with Crippen LogP contribution in [0.25, 0.3) is 11.4 Å². The molecular weight excluding hydrogens is 301 g/mol. The van der Waals surface area contributed by atoms with E-state index in [9.17, 15) is 5.11 Å². The van der Waals surface area contributed by atoms with E-state index in [1.807, 2.05) is 0 Å². The molecule has 106 valence electrons. The number of hydrogen-bond donors (Lipinski definition) is 2. The number of rotatable bonds is 2. The van der Waals surface area contributed by atoms with Crippen LogP contribution in [0.3, 0.4) is 0 Å². The minimum absolute atomic E-state index is 0.228. The van der Waals surface area contributed by atoms with Gasteiger partial charge in [-0.25, -0.2) is 0 Å². The van der Waals surface area contributed by atoms with Gasteiger partial charge < -0.3 is 14.9 Å². The average Bonchev–Trinajstić information content (AvgIpc) is 2.93. The lowest BCUT2D eigenvalue weighted by Crippen LogP contribution is -2.43. The monoisotopic (exact) mass is 313 g/mol. The van der Waals surface area contributed by atoms with Crippen LogP contribution < -0.4 is 5.32 Å². The van der Waals surface area contributed by atoms with Gasteiger partial charge in [-0.15, -0.1) is 0 Å². The summed E-state index contributed by atoms with van der Waals surface area (Å²) in [6.45, 7) is 1.30. The second-order valence-electron chi connectivity index (χ2n) is 4.86. The summed E-state index contributed by atoms with van der Waals surface area (Å²) in [7, 11) is 0. The molecule has 2 N–H and O–H groups in total. The summed E-state index contributed by atoms with van der Waals surface area (Å²) in [5.74, 6) is 0.614. The first-order valence-corrected chi connectivity index (χ1v) is 7.07. The van der Waals surface area contributed by atoms with Crippen LogP contribution in [0.4, 0.5) is 0 Å². The minimum atomic E-state index is -1.10. The third-order valence-corrected chi connectivity index (χ3v) is 4.10. The molecule has 1 aromatic carbocycles. The van der Waals surface area contributed by atoms with Crippen molar-refractivity contribution in [3.8, 4) is 11.4 Å². The Kier molecular flexibility index (Phi) is 3.69. The number of aromatic nitrogens is 2. The van der Waals surface area contributed by atoms with Crippen molar-refractivity contribution >= 4 is 23.2 Å². The molecule has 0 spiro atoms. The largest absolute Gasteiger partial charge is 0.379 e. The molecule has 1 fully saturated rings. The van der Waals surface area contributed by atoms with Gasteiger partial charge in [-0.1, -0.05) is 28.4 Å². The fourth-order valence-electron chi connectivity index (χ4n) is 2.24. The zero-order chi connectivity index (χ0) is 14.2. The summed E-state index contributed by atoms with van der Waals surface area (Å²) in [5, 5.41) is 18.4. The molecular formula is C13H13Cl2N3O2. The number of nitrogens with one attached hydrogen (secondary N) is 1. The van der Waals surface area contributed by atoms with Crippen molar-refractivity contribution in [1.82, 2.24) is 15.5 Å². The zero-order valence-corrected chi connectivity index (χ0v) is 12.1. The Balaban J connectivity index is 1.91. The van der Waals surface area contributed by atoms with Crippen LogP contribution in [-0.4, -0.2) is 28.3 Å². The fraction of sp³-hybridized carbons (Fsp3) is 0.385.